The van der Waals surface area contributed by atoms with Crippen molar-refractivity contribution in [2.24, 2.45) is 7.05 Å². The van der Waals surface area contributed by atoms with Crippen molar-refractivity contribution < 1.29 is 0 Å². The molecule has 0 N–H and O–H groups in total. The van der Waals surface area contributed by atoms with Gasteiger partial charge < -0.3 is 4.57 Å². The van der Waals surface area contributed by atoms with Gasteiger partial charge >= 0.3 is 0 Å². The van der Waals surface area contributed by atoms with Gasteiger partial charge in [-0.05, 0) is 101 Å². The molecule has 1 spiro atoms. The molecule has 0 fully saturated rings. The molecule has 0 atom stereocenters. The first kappa shape index (κ1) is 26.8. The number of aryl methyl sites for hydroxylation is 1. The zero-order valence-electron chi connectivity index (χ0n) is 27.0. The van der Waals surface area contributed by atoms with Gasteiger partial charge in [0.2, 0.25) is 0 Å². The predicted molar refractivity (Wildman–Crippen MR) is 203 cm³/mol. The Bertz CT molecular complexity index is 2810. The molecule has 0 bridgehead atoms. The SMILES string of the molecule is Cn1c(-c2cccc(-c3cc4c(c5ccccc35)-c3ccc5ccccc5c3C43c4ccccc4-c4ccccc43)c2)nc2ccccc21. The fourth-order valence-electron chi connectivity index (χ4n) is 9.24. The molecule has 1 aromatic heterocycles. The maximum Gasteiger partial charge on any atom is 0.140 e. The molecule has 0 amide bonds. The lowest BCUT2D eigenvalue weighted by Crippen LogP contribution is -2.26. The summed E-state index contributed by atoms with van der Waals surface area (Å²) in [7, 11) is 2.11. The monoisotopic (exact) mass is 622 g/mol. The van der Waals surface area contributed by atoms with E-state index in [2.05, 4.69) is 175 Å². The third-order valence-corrected chi connectivity index (χ3v) is 11.2. The van der Waals surface area contributed by atoms with E-state index in [1.807, 2.05) is 0 Å². The Morgan fingerprint density at radius 2 is 1.12 bits per heavy atom. The second kappa shape index (κ2) is 9.65. The van der Waals surface area contributed by atoms with E-state index >= 15 is 0 Å². The highest BCUT2D eigenvalue weighted by Crippen LogP contribution is 2.65. The highest BCUT2D eigenvalue weighted by Gasteiger charge is 2.53. The summed E-state index contributed by atoms with van der Waals surface area (Å²) in [4.78, 5) is 5.06. The number of aromatic nitrogens is 2. The predicted octanol–water partition coefficient (Wildman–Crippen LogP) is 11.6. The molecule has 2 nitrogen and oxygen atoms in total. The molecule has 1 heterocycles. The van der Waals surface area contributed by atoms with Gasteiger partial charge in [0.1, 0.15) is 5.82 Å². The van der Waals surface area contributed by atoms with Crippen LogP contribution in [-0.4, -0.2) is 9.55 Å². The first-order valence-corrected chi connectivity index (χ1v) is 17.0. The molecular weight excluding hydrogens is 593 g/mol. The Morgan fingerprint density at radius 1 is 0.469 bits per heavy atom. The average molecular weight is 623 g/mol. The number of imidazole rings is 1. The highest BCUT2D eigenvalue weighted by atomic mass is 15.1. The van der Waals surface area contributed by atoms with Crippen molar-refractivity contribution in [3.63, 3.8) is 0 Å². The molecule has 11 rings (SSSR count). The zero-order valence-corrected chi connectivity index (χ0v) is 27.0. The molecule has 2 aliphatic carbocycles. The van der Waals surface area contributed by atoms with E-state index in [1.165, 1.54) is 77.2 Å². The normalized spacial score (nSPS) is 13.6. The molecule has 0 saturated heterocycles. The molecule has 228 valence electrons. The van der Waals surface area contributed by atoms with Crippen LogP contribution in [0.5, 0.6) is 0 Å². The van der Waals surface area contributed by atoms with Gasteiger partial charge in [0.25, 0.3) is 0 Å². The van der Waals surface area contributed by atoms with E-state index in [-0.39, 0.29) is 0 Å². The largest absolute Gasteiger partial charge is 0.327 e. The van der Waals surface area contributed by atoms with Crippen LogP contribution >= 0.6 is 0 Å². The number of benzene rings is 8. The summed E-state index contributed by atoms with van der Waals surface area (Å²) in [6, 6.07) is 60.7. The lowest BCUT2D eigenvalue weighted by molar-refractivity contribution is 0.802. The van der Waals surface area contributed by atoms with E-state index in [1.54, 1.807) is 0 Å². The van der Waals surface area contributed by atoms with Gasteiger partial charge in [0, 0.05) is 12.6 Å². The molecule has 9 aromatic rings. The van der Waals surface area contributed by atoms with Gasteiger partial charge in [0.05, 0.1) is 16.4 Å². The Morgan fingerprint density at radius 3 is 1.92 bits per heavy atom. The summed E-state index contributed by atoms with van der Waals surface area (Å²) in [5.74, 6) is 0.975. The lowest BCUT2D eigenvalue weighted by Gasteiger charge is -2.32. The molecule has 0 unspecified atom stereocenters. The number of hydrogen-bond acceptors (Lipinski definition) is 1. The summed E-state index contributed by atoms with van der Waals surface area (Å²) in [5.41, 5.74) is 16.0. The van der Waals surface area contributed by atoms with Gasteiger partial charge in [-0.2, -0.15) is 0 Å². The van der Waals surface area contributed by atoms with E-state index in [4.69, 9.17) is 4.98 Å². The first-order chi connectivity index (χ1) is 24.2. The second-order valence-corrected chi connectivity index (χ2v) is 13.5. The quantitative estimate of drug-likeness (QED) is 0.188. The van der Waals surface area contributed by atoms with Crippen LogP contribution in [0.2, 0.25) is 0 Å². The Hall–Kier alpha value is -6.25. The van der Waals surface area contributed by atoms with Gasteiger partial charge in [-0.15, -0.1) is 0 Å². The van der Waals surface area contributed by atoms with Crippen molar-refractivity contribution in [2.75, 3.05) is 0 Å². The highest BCUT2D eigenvalue weighted by molar-refractivity contribution is 6.14. The number of hydrogen-bond donors (Lipinski definition) is 0. The van der Waals surface area contributed by atoms with Crippen molar-refractivity contribution in [3.8, 4) is 44.8 Å². The van der Waals surface area contributed by atoms with Gasteiger partial charge in [-0.1, -0.05) is 140 Å². The summed E-state index contributed by atoms with van der Waals surface area (Å²) >= 11 is 0. The van der Waals surface area contributed by atoms with Crippen molar-refractivity contribution >= 4 is 32.6 Å². The van der Waals surface area contributed by atoms with E-state index in [0.29, 0.717) is 0 Å². The van der Waals surface area contributed by atoms with Crippen LogP contribution in [0.1, 0.15) is 22.3 Å². The smallest absolute Gasteiger partial charge is 0.140 e. The molecule has 0 radical (unpaired) electrons. The van der Waals surface area contributed by atoms with Crippen LogP contribution in [0.4, 0.5) is 0 Å². The molecule has 49 heavy (non-hydrogen) atoms. The number of para-hydroxylation sites is 2. The molecule has 0 saturated carbocycles. The fraction of sp³-hybridized carbons (Fsp3) is 0.0426. The fourth-order valence-corrected chi connectivity index (χ4v) is 9.24. The van der Waals surface area contributed by atoms with Crippen LogP contribution < -0.4 is 0 Å². The minimum absolute atomic E-state index is 0.452. The van der Waals surface area contributed by atoms with Crippen molar-refractivity contribution in [1.82, 2.24) is 9.55 Å². The lowest BCUT2D eigenvalue weighted by atomic mass is 9.69. The van der Waals surface area contributed by atoms with E-state index in [0.717, 1.165) is 22.4 Å². The standard InChI is InChI=1S/C47H30N2/c1-49-43-24-11-10-23-42(43)48-46(49)31-15-12-14-30(27-31)38-28-41-44(36-20-5-4-17-33(36)38)37-26-25-29-13-2-3-16-32(29)45(37)47(41)39-21-8-6-18-34(39)35-19-7-9-22-40(35)47/h2-28H,1H3. The third kappa shape index (κ3) is 3.38. The summed E-state index contributed by atoms with van der Waals surface area (Å²) < 4.78 is 2.21. The molecular formula is C47H30N2. The van der Waals surface area contributed by atoms with Crippen LogP contribution in [-0.2, 0) is 12.5 Å². The van der Waals surface area contributed by atoms with E-state index in [9.17, 15) is 0 Å². The topological polar surface area (TPSA) is 17.8 Å². The summed E-state index contributed by atoms with van der Waals surface area (Å²) in [6.45, 7) is 0. The van der Waals surface area contributed by atoms with Gasteiger partial charge in [0.15, 0.2) is 0 Å². The van der Waals surface area contributed by atoms with Crippen LogP contribution in [0, 0.1) is 0 Å². The molecule has 2 aliphatic rings. The Balaban J connectivity index is 1.27. The van der Waals surface area contributed by atoms with Crippen LogP contribution in [0.25, 0.3) is 77.3 Å². The molecule has 0 aliphatic heterocycles. The van der Waals surface area contributed by atoms with Crippen LogP contribution in [0.3, 0.4) is 0 Å². The molecule has 8 aromatic carbocycles. The van der Waals surface area contributed by atoms with Gasteiger partial charge in [-0.3, -0.25) is 0 Å². The van der Waals surface area contributed by atoms with E-state index < -0.39 is 5.41 Å². The van der Waals surface area contributed by atoms with Crippen molar-refractivity contribution in [1.29, 1.82) is 0 Å². The summed E-state index contributed by atoms with van der Waals surface area (Å²) in [6.07, 6.45) is 0. The maximum atomic E-state index is 5.06. The van der Waals surface area contributed by atoms with Crippen LogP contribution in [0.15, 0.2) is 164 Å². The Labute approximate surface area is 284 Å². The average Bonchev–Trinajstić information content (AvgIpc) is 3.78. The summed E-state index contributed by atoms with van der Waals surface area (Å²) in [5, 5.41) is 5.14. The third-order valence-electron chi connectivity index (χ3n) is 11.2. The molecule has 2 heteroatoms. The van der Waals surface area contributed by atoms with Crippen molar-refractivity contribution in [3.05, 3.63) is 186 Å². The minimum Gasteiger partial charge on any atom is -0.327 e. The number of rotatable bonds is 2. The van der Waals surface area contributed by atoms with Gasteiger partial charge in [-0.25, -0.2) is 4.98 Å². The second-order valence-electron chi connectivity index (χ2n) is 13.5. The zero-order chi connectivity index (χ0) is 32.3. The maximum absolute atomic E-state index is 5.06. The minimum atomic E-state index is -0.452. The first-order valence-electron chi connectivity index (χ1n) is 17.0. The Kier molecular flexibility index (Phi) is 5.28. The number of fused-ring (bicyclic) bond motifs is 15. The van der Waals surface area contributed by atoms with Crippen molar-refractivity contribution in [2.45, 2.75) is 5.41 Å². The number of nitrogens with zero attached hydrogens (tertiary/aromatic N) is 2.